The summed E-state index contributed by atoms with van der Waals surface area (Å²) in [5, 5.41) is 3.28. The molecule has 176 valence electrons. The Morgan fingerprint density at radius 2 is 1.74 bits per heavy atom. The molecule has 0 bridgehead atoms. The van der Waals surface area contributed by atoms with Crippen molar-refractivity contribution < 1.29 is 4.79 Å². The fraction of sp³-hybridized carbons (Fsp3) is 0.280. The van der Waals surface area contributed by atoms with E-state index in [0.29, 0.717) is 22.7 Å². The Hall–Kier alpha value is -3.65. The minimum atomic E-state index is -0.580. The van der Waals surface area contributed by atoms with Crippen molar-refractivity contribution in [1.82, 2.24) is 24.0 Å². The van der Waals surface area contributed by atoms with Crippen molar-refractivity contribution >= 4 is 28.7 Å². The summed E-state index contributed by atoms with van der Waals surface area (Å²) in [6.07, 6.45) is 1.58. The summed E-state index contributed by atoms with van der Waals surface area (Å²) in [6.45, 7) is 4.65. The first-order chi connectivity index (χ1) is 16.3. The standard InChI is InChI=1S/C25H26ClN5O3/c1-17(2)13-29-16-28-23-22(29)24(33)31(25(34)30(23)14-18-8-4-3-5-9-18)15-21(32)27-12-19-10-6-7-11-20(19)26/h3-11,16-17H,12-15H2,1-2H3,(H,27,32). The van der Waals surface area contributed by atoms with Crippen molar-refractivity contribution in [3.05, 3.63) is 97.9 Å². The van der Waals surface area contributed by atoms with Crippen LogP contribution in [0.1, 0.15) is 25.0 Å². The number of aromatic nitrogens is 4. The highest BCUT2D eigenvalue weighted by Crippen LogP contribution is 2.14. The van der Waals surface area contributed by atoms with Gasteiger partial charge >= 0.3 is 5.69 Å². The Balaban J connectivity index is 1.73. The highest BCUT2D eigenvalue weighted by atomic mass is 35.5. The number of nitrogens with one attached hydrogen (secondary N) is 1. The first-order valence-corrected chi connectivity index (χ1v) is 11.5. The number of nitrogens with zero attached hydrogens (tertiary/aromatic N) is 4. The summed E-state index contributed by atoms with van der Waals surface area (Å²) in [7, 11) is 0. The number of carbonyl (C=O) groups excluding carboxylic acids is 1. The first kappa shape index (κ1) is 23.5. The smallest absolute Gasteiger partial charge is 0.333 e. The molecule has 0 aliphatic carbocycles. The first-order valence-electron chi connectivity index (χ1n) is 11.1. The van der Waals surface area contributed by atoms with Crippen LogP contribution < -0.4 is 16.6 Å². The predicted octanol–water partition coefficient (Wildman–Crippen LogP) is 3.03. The minimum Gasteiger partial charge on any atom is -0.350 e. The summed E-state index contributed by atoms with van der Waals surface area (Å²) in [5.74, 6) is -0.196. The van der Waals surface area contributed by atoms with Crippen molar-refractivity contribution in [2.75, 3.05) is 0 Å². The van der Waals surface area contributed by atoms with E-state index in [1.807, 2.05) is 50.2 Å². The van der Waals surface area contributed by atoms with Crippen LogP contribution in [0.5, 0.6) is 0 Å². The second-order valence-corrected chi connectivity index (χ2v) is 8.98. The van der Waals surface area contributed by atoms with Gasteiger partial charge in [-0.1, -0.05) is 74.0 Å². The molecule has 0 radical (unpaired) electrons. The third-order valence-corrected chi connectivity index (χ3v) is 5.83. The molecule has 1 amide bonds. The normalized spacial score (nSPS) is 11.3. The Morgan fingerprint density at radius 1 is 1.03 bits per heavy atom. The summed E-state index contributed by atoms with van der Waals surface area (Å²) in [6, 6.07) is 16.6. The highest BCUT2D eigenvalue weighted by Gasteiger charge is 2.20. The largest absolute Gasteiger partial charge is 0.350 e. The van der Waals surface area contributed by atoms with Crippen molar-refractivity contribution in [2.24, 2.45) is 5.92 Å². The third-order valence-electron chi connectivity index (χ3n) is 5.46. The molecular weight excluding hydrogens is 454 g/mol. The van der Waals surface area contributed by atoms with E-state index >= 15 is 0 Å². The van der Waals surface area contributed by atoms with E-state index in [0.717, 1.165) is 15.7 Å². The van der Waals surface area contributed by atoms with Crippen LogP contribution in [0.4, 0.5) is 0 Å². The van der Waals surface area contributed by atoms with Gasteiger partial charge in [-0.3, -0.25) is 14.2 Å². The molecule has 0 unspecified atom stereocenters. The van der Waals surface area contributed by atoms with Crippen molar-refractivity contribution in [2.45, 2.75) is 40.0 Å². The Kier molecular flexibility index (Phi) is 6.98. The van der Waals surface area contributed by atoms with Crippen LogP contribution in [-0.4, -0.2) is 24.6 Å². The molecule has 0 aliphatic heterocycles. The summed E-state index contributed by atoms with van der Waals surface area (Å²) >= 11 is 6.16. The molecular formula is C25H26ClN5O3. The lowest BCUT2D eigenvalue weighted by Gasteiger charge is -2.14. The Bertz CT molecular complexity index is 1440. The number of benzene rings is 2. The second-order valence-electron chi connectivity index (χ2n) is 8.58. The molecule has 2 heterocycles. The number of hydrogen-bond acceptors (Lipinski definition) is 4. The van der Waals surface area contributed by atoms with Gasteiger partial charge in [0.1, 0.15) is 6.54 Å². The maximum absolute atomic E-state index is 13.4. The molecule has 4 rings (SSSR count). The second kappa shape index (κ2) is 10.1. The summed E-state index contributed by atoms with van der Waals surface area (Å²) in [5.41, 5.74) is 1.14. The van der Waals surface area contributed by atoms with Crippen molar-refractivity contribution in [3.8, 4) is 0 Å². The molecule has 0 atom stereocenters. The number of fused-ring (bicyclic) bond motifs is 1. The van der Waals surface area contributed by atoms with Crippen LogP contribution in [0.3, 0.4) is 0 Å². The lowest BCUT2D eigenvalue weighted by atomic mass is 10.2. The molecule has 2 aromatic carbocycles. The zero-order chi connectivity index (χ0) is 24.2. The molecule has 2 aromatic heterocycles. The monoisotopic (exact) mass is 479 g/mol. The fourth-order valence-corrected chi connectivity index (χ4v) is 4.06. The third kappa shape index (κ3) is 4.97. The van der Waals surface area contributed by atoms with E-state index in [2.05, 4.69) is 10.3 Å². The molecule has 4 aromatic rings. The number of carbonyl (C=O) groups is 1. The van der Waals surface area contributed by atoms with Gasteiger partial charge in [0.25, 0.3) is 5.56 Å². The van der Waals surface area contributed by atoms with Gasteiger partial charge in [-0.05, 0) is 23.1 Å². The minimum absolute atomic E-state index is 0.193. The molecule has 0 spiro atoms. The molecule has 1 N–H and O–H groups in total. The lowest BCUT2D eigenvalue weighted by molar-refractivity contribution is -0.121. The van der Waals surface area contributed by atoms with Gasteiger partial charge in [0.15, 0.2) is 11.2 Å². The summed E-state index contributed by atoms with van der Waals surface area (Å²) < 4.78 is 4.18. The zero-order valence-corrected chi connectivity index (χ0v) is 19.8. The maximum Gasteiger partial charge on any atom is 0.333 e. The topological polar surface area (TPSA) is 90.9 Å². The van der Waals surface area contributed by atoms with Crippen LogP contribution in [-0.2, 0) is 31.0 Å². The fourth-order valence-electron chi connectivity index (χ4n) is 3.85. The van der Waals surface area contributed by atoms with E-state index in [9.17, 15) is 14.4 Å². The van der Waals surface area contributed by atoms with Gasteiger partial charge in [0.2, 0.25) is 5.91 Å². The van der Waals surface area contributed by atoms with E-state index in [1.165, 1.54) is 4.57 Å². The molecule has 0 saturated carbocycles. The molecule has 0 fully saturated rings. The molecule has 9 heteroatoms. The van der Waals surface area contributed by atoms with Crippen LogP contribution in [0, 0.1) is 5.92 Å². The van der Waals surface area contributed by atoms with Gasteiger partial charge in [0.05, 0.1) is 12.9 Å². The number of imidazole rings is 1. The van der Waals surface area contributed by atoms with Gasteiger partial charge in [-0.15, -0.1) is 0 Å². The average Bonchev–Trinajstić information content (AvgIpc) is 3.22. The molecule has 34 heavy (non-hydrogen) atoms. The van der Waals surface area contributed by atoms with Crippen molar-refractivity contribution in [1.29, 1.82) is 0 Å². The van der Waals surface area contributed by atoms with Gasteiger partial charge < -0.3 is 9.88 Å². The van der Waals surface area contributed by atoms with E-state index < -0.39 is 23.7 Å². The van der Waals surface area contributed by atoms with Crippen LogP contribution in [0.15, 0.2) is 70.5 Å². The van der Waals surface area contributed by atoms with Gasteiger partial charge in [0, 0.05) is 18.1 Å². The SMILES string of the molecule is CC(C)Cn1cnc2c1c(=O)n(CC(=O)NCc1ccccc1Cl)c(=O)n2Cc1ccccc1. The zero-order valence-electron chi connectivity index (χ0n) is 19.1. The van der Waals surface area contributed by atoms with E-state index in [-0.39, 0.29) is 19.0 Å². The quantitative estimate of drug-likeness (QED) is 0.420. The summed E-state index contributed by atoms with van der Waals surface area (Å²) in [4.78, 5) is 43.9. The van der Waals surface area contributed by atoms with E-state index in [1.54, 1.807) is 29.1 Å². The predicted molar refractivity (Wildman–Crippen MR) is 132 cm³/mol. The van der Waals surface area contributed by atoms with Gasteiger partial charge in [-0.2, -0.15) is 0 Å². The Morgan fingerprint density at radius 3 is 2.44 bits per heavy atom. The molecule has 0 aliphatic rings. The number of rotatable bonds is 8. The number of halogens is 1. The molecule has 8 nitrogen and oxygen atoms in total. The maximum atomic E-state index is 13.4. The lowest BCUT2D eigenvalue weighted by Crippen LogP contribution is -2.44. The van der Waals surface area contributed by atoms with Crippen LogP contribution >= 0.6 is 11.6 Å². The number of hydrogen-bond donors (Lipinski definition) is 1. The molecule has 0 saturated heterocycles. The van der Waals surface area contributed by atoms with Crippen molar-refractivity contribution in [3.63, 3.8) is 0 Å². The van der Waals surface area contributed by atoms with Gasteiger partial charge in [-0.25, -0.2) is 14.3 Å². The van der Waals surface area contributed by atoms with Crippen LogP contribution in [0.25, 0.3) is 11.2 Å². The average molecular weight is 480 g/mol. The van der Waals surface area contributed by atoms with Crippen LogP contribution in [0.2, 0.25) is 5.02 Å². The Labute approximate surface area is 201 Å². The number of amides is 1. The highest BCUT2D eigenvalue weighted by molar-refractivity contribution is 6.31. The van der Waals surface area contributed by atoms with E-state index in [4.69, 9.17) is 11.6 Å².